The molecule has 0 spiro atoms. The molecule has 1 aromatic carbocycles. The second kappa shape index (κ2) is 6.70. The van der Waals surface area contributed by atoms with Gasteiger partial charge in [0.05, 0.1) is 20.2 Å². The van der Waals surface area contributed by atoms with Gasteiger partial charge in [0.25, 0.3) is 0 Å². The van der Waals surface area contributed by atoms with Crippen LogP contribution in [0.25, 0.3) is 0 Å². The van der Waals surface area contributed by atoms with E-state index in [1.165, 1.54) is 25.1 Å². The number of aromatic nitrogens is 2. The van der Waals surface area contributed by atoms with Gasteiger partial charge in [0.2, 0.25) is 5.91 Å². The van der Waals surface area contributed by atoms with Crippen LogP contribution in [0.15, 0.2) is 22.7 Å². The Morgan fingerprint density at radius 3 is 2.52 bits per heavy atom. The van der Waals surface area contributed by atoms with E-state index in [2.05, 4.69) is 26.3 Å². The molecule has 1 amide bonds. The van der Waals surface area contributed by atoms with E-state index in [0.29, 0.717) is 10.7 Å². The number of anilines is 1. The minimum Gasteiger partial charge on any atom is -0.324 e. The standard InChI is InChI=1S/C13H9BrCl2F3N3O/c1-6-11(14)12(13(17,18)19)21-22(6)5-10(23)20-7-2-3-8(15)9(16)4-7/h2-4H,5H2,1H3,(H,20,23). The highest BCUT2D eigenvalue weighted by Gasteiger charge is 2.38. The highest BCUT2D eigenvalue weighted by molar-refractivity contribution is 9.10. The van der Waals surface area contributed by atoms with Gasteiger partial charge in [0, 0.05) is 5.69 Å². The molecule has 0 atom stereocenters. The van der Waals surface area contributed by atoms with Crippen LogP contribution in [0.2, 0.25) is 10.0 Å². The van der Waals surface area contributed by atoms with Crippen LogP contribution in [0.4, 0.5) is 18.9 Å². The molecule has 1 heterocycles. The summed E-state index contributed by atoms with van der Waals surface area (Å²) in [4.78, 5) is 12.0. The van der Waals surface area contributed by atoms with Crippen molar-refractivity contribution >= 4 is 50.7 Å². The average Bonchev–Trinajstić information content (AvgIpc) is 2.71. The van der Waals surface area contributed by atoms with E-state index < -0.39 is 17.8 Å². The molecule has 0 radical (unpaired) electrons. The first-order valence-electron chi connectivity index (χ1n) is 6.14. The summed E-state index contributed by atoms with van der Waals surface area (Å²) in [7, 11) is 0. The Morgan fingerprint density at radius 1 is 1.35 bits per heavy atom. The summed E-state index contributed by atoms with van der Waals surface area (Å²) >= 11 is 14.4. The first kappa shape index (κ1) is 18.1. The van der Waals surface area contributed by atoms with Gasteiger partial charge in [0.1, 0.15) is 6.54 Å². The van der Waals surface area contributed by atoms with Crippen LogP contribution in [0.3, 0.4) is 0 Å². The number of nitrogens with one attached hydrogen (secondary N) is 1. The number of hydrogen-bond acceptors (Lipinski definition) is 2. The molecule has 4 nitrogen and oxygen atoms in total. The Hall–Kier alpha value is -1.25. The number of benzene rings is 1. The van der Waals surface area contributed by atoms with Crippen molar-refractivity contribution < 1.29 is 18.0 Å². The van der Waals surface area contributed by atoms with Crippen LogP contribution in [0.1, 0.15) is 11.4 Å². The fourth-order valence-corrected chi connectivity index (χ4v) is 2.58. The Balaban J connectivity index is 2.16. The number of nitrogens with zero attached hydrogens (tertiary/aromatic N) is 2. The van der Waals surface area contributed by atoms with Gasteiger partial charge in [-0.2, -0.15) is 18.3 Å². The van der Waals surface area contributed by atoms with Gasteiger partial charge in [-0.15, -0.1) is 0 Å². The zero-order chi connectivity index (χ0) is 17.4. The zero-order valence-corrected chi connectivity index (χ0v) is 14.6. The maximum absolute atomic E-state index is 12.8. The maximum Gasteiger partial charge on any atom is 0.436 e. The predicted octanol–water partition coefficient (Wildman–Crippen LogP) is 4.92. The van der Waals surface area contributed by atoms with Gasteiger partial charge in [-0.05, 0) is 41.1 Å². The third-order valence-electron chi connectivity index (χ3n) is 2.90. The molecule has 0 aliphatic rings. The predicted molar refractivity (Wildman–Crippen MR) is 84.8 cm³/mol. The van der Waals surface area contributed by atoms with Crippen molar-refractivity contribution in [2.75, 3.05) is 5.32 Å². The van der Waals surface area contributed by atoms with Gasteiger partial charge < -0.3 is 5.32 Å². The minimum atomic E-state index is -4.60. The molecular weight excluding hydrogens is 422 g/mol. The summed E-state index contributed by atoms with van der Waals surface area (Å²) in [6.07, 6.45) is -4.60. The lowest BCUT2D eigenvalue weighted by atomic mass is 10.3. The van der Waals surface area contributed by atoms with Crippen LogP contribution in [0.5, 0.6) is 0 Å². The van der Waals surface area contributed by atoms with Crippen LogP contribution < -0.4 is 5.32 Å². The van der Waals surface area contributed by atoms with Crippen molar-refractivity contribution in [1.82, 2.24) is 9.78 Å². The number of halogens is 6. The van der Waals surface area contributed by atoms with Gasteiger partial charge in [0.15, 0.2) is 5.69 Å². The summed E-state index contributed by atoms with van der Waals surface area (Å²) < 4.78 is 39.1. The van der Waals surface area contributed by atoms with E-state index in [0.717, 1.165) is 4.68 Å². The third-order valence-corrected chi connectivity index (χ3v) is 4.59. The molecule has 1 N–H and O–H groups in total. The van der Waals surface area contributed by atoms with Crippen LogP contribution in [0, 0.1) is 6.92 Å². The molecule has 0 saturated heterocycles. The molecule has 0 bridgehead atoms. The molecule has 124 valence electrons. The molecule has 0 fully saturated rings. The van der Waals surface area contributed by atoms with Gasteiger partial charge >= 0.3 is 6.18 Å². The van der Waals surface area contributed by atoms with Crippen molar-refractivity contribution in [3.05, 3.63) is 44.1 Å². The molecule has 1 aromatic heterocycles. The minimum absolute atomic E-state index is 0.188. The van der Waals surface area contributed by atoms with Crippen molar-refractivity contribution in [3.63, 3.8) is 0 Å². The Bertz CT molecular complexity index is 762. The molecule has 0 aliphatic carbocycles. The van der Waals surface area contributed by atoms with E-state index in [1.807, 2.05) is 0 Å². The first-order chi connectivity index (χ1) is 10.6. The highest BCUT2D eigenvalue weighted by atomic mass is 79.9. The SMILES string of the molecule is Cc1c(Br)c(C(F)(F)F)nn1CC(=O)Nc1ccc(Cl)c(Cl)c1. The Kier molecular flexibility index (Phi) is 5.27. The number of alkyl halides is 3. The Morgan fingerprint density at radius 2 is 2.00 bits per heavy atom. The second-order valence-electron chi connectivity index (χ2n) is 4.58. The van der Waals surface area contributed by atoms with Gasteiger partial charge in [-0.3, -0.25) is 9.48 Å². The average molecular weight is 431 g/mol. The number of carbonyl (C=O) groups excluding carboxylic acids is 1. The third kappa shape index (κ3) is 4.19. The normalized spacial score (nSPS) is 11.6. The lowest BCUT2D eigenvalue weighted by Crippen LogP contribution is -2.20. The smallest absolute Gasteiger partial charge is 0.324 e. The van der Waals surface area contributed by atoms with Crippen molar-refractivity contribution in [3.8, 4) is 0 Å². The summed E-state index contributed by atoms with van der Waals surface area (Å²) in [6.45, 7) is 1.06. The van der Waals surface area contributed by atoms with E-state index in [9.17, 15) is 18.0 Å². The summed E-state index contributed by atoms with van der Waals surface area (Å²) in [6, 6.07) is 4.46. The quantitative estimate of drug-likeness (QED) is 0.751. The van der Waals surface area contributed by atoms with E-state index >= 15 is 0 Å². The molecule has 23 heavy (non-hydrogen) atoms. The first-order valence-corrected chi connectivity index (χ1v) is 7.69. The molecule has 0 unspecified atom stereocenters. The molecule has 2 aromatic rings. The number of hydrogen-bond donors (Lipinski definition) is 1. The lowest BCUT2D eigenvalue weighted by molar-refractivity contribution is -0.142. The largest absolute Gasteiger partial charge is 0.436 e. The summed E-state index contributed by atoms with van der Waals surface area (Å²) in [5.74, 6) is -0.546. The molecule has 0 aliphatic heterocycles. The van der Waals surface area contributed by atoms with E-state index in [1.54, 1.807) is 0 Å². The Labute approximate surface area is 147 Å². The van der Waals surface area contributed by atoms with Gasteiger partial charge in [-0.1, -0.05) is 23.2 Å². The van der Waals surface area contributed by atoms with Crippen LogP contribution in [-0.4, -0.2) is 15.7 Å². The molecule has 2 rings (SSSR count). The van der Waals surface area contributed by atoms with Crippen LogP contribution in [-0.2, 0) is 17.5 Å². The van der Waals surface area contributed by atoms with Gasteiger partial charge in [-0.25, -0.2) is 0 Å². The van der Waals surface area contributed by atoms with E-state index in [-0.39, 0.29) is 21.7 Å². The fraction of sp³-hybridized carbons (Fsp3) is 0.231. The maximum atomic E-state index is 12.8. The summed E-state index contributed by atoms with van der Waals surface area (Å²) in [5.41, 5.74) is -0.497. The topological polar surface area (TPSA) is 46.9 Å². The fourth-order valence-electron chi connectivity index (χ4n) is 1.77. The second-order valence-corrected chi connectivity index (χ2v) is 6.19. The number of carbonyl (C=O) groups is 1. The molecule has 10 heteroatoms. The summed E-state index contributed by atoms with van der Waals surface area (Å²) in [5, 5.41) is 6.52. The monoisotopic (exact) mass is 429 g/mol. The van der Waals surface area contributed by atoms with E-state index in [4.69, 9.17) is 23.2 Å². The number of rotatable bonds is 3. The van der Waals surface area contributed by atoms with Crippen molar-refractivity contribution in [1.29, 1.82) is 0 Å². The van der Waals surface area contributed by atoms with Crippen molar-refractivity contribution in [2.24, 2.45) is 0 Å². The highest BCUT2D eigenvalue weighted by Crippen LogP contribution is 2.35. The number of amides is 1. The van der Waals surface area contributed by atoms with Crippen LogP contribution >= 0.6 is 39.1 Å². The molecule has 0 saturated carbocycles. The van der Waals surface area contributed by atoms with Crippen molar-refractivity contribution in [2.45, 2.75) is 19.6 Å². The lowest BCUT2D eigenvalue weighted by Gasteiger charge is -2.08. The zero-order valence-electron chi connectivity index (χ0n) is 11.5. The molecular formula is C13H9BrCl2F3N3O.